The van der Waals surface area contributed by atoms with Crippen LogP contribution < -0.4 is 4.90 Å². The van der Waals surface area contributed by atoms with Gasteiger partial charge in [0, 0.05) is 50.7 Å². The third-order valence-corrected chi connectivity index (χ3v) is 5.09. The number of piperazine rings is 1. The maximum Gasteiger partial charge on any atom is 0.292 e. The summed E-state index contributed by atoms with van der Waals surface area (Å²) in [6.45, 7) is 2.14. The lowest BCUT2D eigenvalue weighted by Gasteiger charge is -2.35. The Bertz CT molecular complexity index is 1030. The number of nitro groups is 1. The smallest absolute Gasteiger partial charge is 0.292 e. The number of hydrogen-bond donors (Lipinski definition) is 0. The molecule has 9 heteroatoms. The number of amides is 1. The standard InChI is InChI=1S/C21H21N5O4/c27-20(11-10-19-22-23-21(30-19)16-6-2-1-3-7-16)25-14-12-24(13-15-25)17-8-4-5-9-18(17)26(28)29/h1-9H,10-15H2. The van der Waals surface area contributed by atoms with Gasteiger partial charge in [0.05, 0.1) is 4.92 Å². The number of benzene rings is 2. The van der Waals surface area contributed by atoms with Crippen LogP contribution in [0.1, 0.15) is 12.3 Å². The predicted octanol–water partition coefficient (Wildman–Crippen LogP) is 2.93. The van der Waals surface area contributed by atoms with Crippen LogP contribution in [0.3, 0.4) is 0 Å². The summed E-state index contributed by atoms with van der Waals surface area (Å²) in [6.07, 6.45) is 0.658. The van der Waals surface area contributed by atoms with E-state index in [0.717, 1.165) is 5.56 Å². The van der Waals surface area contributed by atoms with Crippen molar-refractivity contribution in [3.8, 4) is 11.5 Å². The van der Waals surface area contributed by atoms with Gasteiger partial charge in [-0.15, -0.1) is 10.2 Å². The number of para-hydroxylation sites is 2. The Balaban J connectivity index is 1.30. The zero-order valence-corrected chi connectivity index (χ0v) is 16.3. The molecule has 30 heavy (non-hydrogen) atoms. The Kier molecular flexibility index (Phi) is 5.69. The van der Waals surface area contributed by atoms with Crippen LogP contribution in [-0.4, -0.2) is 52.1 Å². The molecule has 1 saturated heterocycles. The van der Waals surface area contributed by atoms with Gasteiger partial charge in [-0.1, -0.05) is 30.3 Å². The van der Waals surface area contributed by atoms with Gasteiger partial charge in [0.15, 0.2) is 0 Å². The Labute approximate surface area is 173 Å². The second-order valence-electron chi connectivity index (χ2n) is 6.98. The van der Waals surface area contributed by atoms with Crippen molar-refractivity contribution >= 4 is 17.3 Å². The number of aromatic nitrogens is 2. The number of carbonyl (C=O) groups is 1. The van der Waals surface area contributed by atoms with Crippen molar-refractivity contribution in [3.63, 3.8) is 0 Å². The van der Waals surface area contributed by atoms with Crippen LogP contribution in [0.2, 0.25) is 0 Å². The molecule has 1 aliphatic rings. The number of anilines is 1. The lowest BCUT2D eigenvalue weighted by molar-refractivity contribution is -0.384. The zero-order chi connectivity index (χ0) is 20.9. The molecule has 1 fully saturated rings. The fourth-order valence-corrected chi connectivity index (χ4v) is 3.51. The molecule has 0 N–H and O–H groups in total. The topological polar surface area (TPSA) is 106 Å². The van der Waals surface area contributed by atoms with E-state index >= 15 is 0 Å². The van der Waals surface area contributed by atoms with Crippen LogP contribution in [0.15, 0.2) is 59.0 Å². The lowest BCUT2D eigenvalue weighted by Crippen LogP contribution is -2.49. The summed E-state index contributed by atoms with van der Waals surface area (Å²) in [7, 11) is 0. The largest absolute Gasteiger partial charge is 0.421 e. The first-order chi connectivity index (χ1) is 14.6. The minimum atomic E-state index is -0.374. The molecule has 1 aromatic heterocycles. The minimum absolute atomic E-state index is 0.0108. The molecule has 0 radical (unpaired) electrons. The summed E-state index contributed by atoms with van der Waals surface area (Å²) in [5.74, 6) is 0.883. The highest BCUT2D eigenvalue weighted by molar-refractivity contribution is 5.77. The normalized spacial score (nSPS) is 14.0. The van der Waals surface area contributed by atoms with Crippen LogP contribution in [0.5, 0.6) is 0 Å². The average Bonchev–Trinajstić information content (AvgIpc) is 3.27. The summed E-state index contributed by atoms with van der Waals surface area (Å²) in [4.78, 5) is 27.2. The summed E-state index contributed by atoms with van der Waals surface area (Å²) in [5, 5.41) is 19.3. The van der Waals surface area contributed by atoms with E-state index in [9.17, 15) is 14.9 Å². The molecule has 3 aromatic rings. The minimum Gasteiger partial charge on any atom is -0.421 e. The van der Waals surface area contributed by atoms with Gasteiger partial charge in [-0.05, 0) is 18.2 Å². The highest BCUT2D eigenvalue weighted by Crippen LogP contribution is 2.28. The fourth-order valence-electron chi connectivity index (χ4n) is 3.51. The van der Waals surface area contributed by atoms with Gasteiger partial charge in [-0.25, -0.2) is 0 Å². The number of nitrogens with zero attached hydrogens (tertiary/aromatic N) is 5. The van der Waals surface area contributed by atoms with E-state index in [1.165, 1.54) is 6.07 Å². The van der Waals surface area contributed by atoms with E-state index in [1.54, 1.807) is 23.1 Å². The fraction of sp³-hybridized carbons (Fsp3) is 0.286. The second-order valence-corrected chi connectivity index (χ2v) is 6.98. The average molecular weight is 407 g/mol. The van der Waals surface area contributed by atoms with Gasteiger partial charge in [0.1, 0.15) is 5.69 Å². The zero-order valence-electron chi connectivity index (χ0n) is 16.3. The lowest BCUT2D eigenvalue weighted by atomic mass is 10.2. The van der Waals surface area contributed by atoms with Crippen molar-refractivity contribution in [1.82, 2.24) is 15.1 Å². The SMILES string of the molecule is O=C(CCc1nnc(-c2ccccc2)o1)N1CCN(c2ccccc2[N+](=O)[O-])CC1. The molecule has 154 valence electrons. The Morgan fingerprint density at radius 1 is 1.00 bits per heavy atom. The molecule has 0 atom stereocenters. The van der Waals surface area contributed by atoms with Crippen molar-refractivity contribution in [2.75, 3.05) is 31.1 Å². The van der Waals surface area contributed by atoms with Crippen molar-refractivity contribution in [2.45, 2.75) is 12.8 Å². The quantitative estimate of drug-likeness (QED) is 0.457. The van der Waals surface area contributed by atoms with E-state index in [-0.39, 0.29) is 22.9 Å². The van der Waals surface area contributed by atoms with Gasteiger partial charge < -0.3 is 14.2 Å². The second kappa shape index (κ2) is 8.73. The first-order valence-electron chi connectivity index (χ1n) is 9.76. The molecule has 0 aliphatic carbocycles. The number of aryl methyl sites for hydroxylation is 1. The number of nitro benzene ring substituents is 1. The van der Waals surface area contributed by atoms with Crippen LogP contribution in [0.25, 0.3) is 11.5 Å². The van der Waals surface area contributed by atoms with Gasteiger partial charge in [-0.2, -0.15) is 0 Å². The molecule has 0 saturated carbocycles. The molecular formula is C21H21N5O4. The van der Waals surface area contributed by atoms with E-state index in [4.69, 9.17) is 4.42 Å². The maximum atomic E-state index is 12.6. The molecule has 0 spiro atoms. The summed E-state index contributed by atoms with van der Waals surface area (Å²) < 4.78 is 5.65. The van der Waals surface area contributed by atoms with Gasteiger partial charge in [0.25, 0.3) is 5.69 Å². The highest BCUT2D eigenvalue weighted by atomic mass is 16.6. The van der Waals surface area contributed by atoms with Crippen molar-refractivity contribution in [3.05, 3.63) is 70.6 Å². The van der Waals surface area contributed by atoms with Gasteiger partial charge >= 0.3 is 0 Å². The molecule has 1 amide bonds. The molecule has 9 nitrogen and oxygen atoms in total. The monoisotopic (exact) mass is 407 g/mol. The molecule has 0 unspecified atom stereocenters. The van der Waals surface area contributed by atoms with Gasteiger partial charge in [0.2, 0.25) is 17.7 Å². The number of rotatable bonds is 6. The first kappa shape index (κ1) is 19.6. The molecule has 1 aliphatic heterocycles. The van der Waals surface area contributed by atoms with Gasteiger partial charge in [-0.3, -0.25) is 14.9 Å². The molecule has 2 aromatic carbocycles. The third-order valence-electron chi connectivity index (χ3n) is 5.09. The van der Waals surface area contributed by atoms with E-state index in [1.807, 2.05) is 35.2 Å². The van der Waals surface area contributed by atoms with E-state index < -0.39 is 0 Å². The number of carbonyl (C=O) groups excluding carboxylic acids is 1. The van der Waals surface area contributed by atoms with Crippen LogP contribution in [0, 0.1) is 10.1 Å². The van der Waals surface area contributed by atoms with Crippen LogP contribution in [0.4, 0.5) is 11.4 Å². The predicted molar refractivity (Wildman–Crippen MR) is 110 cm³/mol. The van der Waals surface area contributed by atoms with Crippen molar-refractivity contribution in [2.24, 2.45) is 0 Å². The highest BCUT2D eigenvalue weighted by Gasteiger charge is 2.25. The van der Waals surface area contributed by atoms with Crippen molar-refractivity contribution in [1.29, 1.82) is 0 Å². The Morgan fingerprint density at radius 3 is 2.43 bits per heavy atom. The molecule has 0 bridgehead atoms. The van der Waals surface area contributed by atoms with E-state index in [2.05, 4.69) is 10.2 Å². The third kappa shape index (κ3) is 4.29. The summed E-state index contributed by atoms with van der Waals surface area (Å²) >= 11 is 0. The van der Waals surface area contributed by atoms with Crippen LogP contribution >= 0.6 is 0 Å². The Hall–Kier alpha value is -3.75. The van der Waals surface area contributed by atoms with Crippen molar-refractivity contribution < 1.29 is 14.1 Å². The summed E-state index contributed by atoms with van der Waals surface area (Å²) in [6, 6.07) is 16.2. The van der Waals surface area contributed by atoms with E-state index in [0.29, 0.717) is 50.1 Å². The molecular weight excluding hydrogens is 386 g/mol. The number of hydrogen-bond acceptors (Lipinski definition) is 7. The van der Waals surface area contributed by atoms with Crippen LogP contribution in [-0.2, 0) is 11.2 Å². The molecule has 2 heterocycles. The Morgan fingerprint density at radius 2 is 1.70 bits per heavy atom. The first-order valence-corrected chi connectivity index (χ1v) is 9.76. The molecule has 4 rings (SSSR count). The summed E-state index contributed by atoms with van der Waals surface area (Å²) in [5.41, 5.74) is 1.52. The maximum absolute atomic E-state index is 12.6.